The van der Waals surface area contributed by atoms with Gasteiger partial charge in [-0.2, -0.15) is 0 Å². The van der Waals surface area contributed by atoms with E-state index in [1.54, 1.807) is 6.08 Å². The number of hydrogen-bond donors (Lipinski definition) is 1. The first-order chi connectivity index (χ1) is 12.2. The predicted octanol–water partition coefficient (Wildman–Crippen LogP) is 1.69. The van der Waals surface area contributed by atoms with Crippen molar-refractivity contribution in [1.82, 2.24) is 9.80 Å². The second kappa shape index (κ2) is 11.4. The number of benzene rings is 1. The third-order valence-electron chi connectivity index (χ3n) is 4.34. The van der Waals surface area contributed by atoms with Crippen LogP contribution in [0.2, 0.25) is 0 Å². The van der Waals surface area contributed by atoms with Gasteiger partial charge in [-0.25, -0.2) is 0 Å². The molecule has 1 aliphatic rings. The van der Waals surface area contributed by atoms with Gasteiger partial charge in [-0.3, -0.25) is 9.80 Å². The van der Waals surface area contributed by atoms with E-state index in [1.165, 1.54) is 11.1 Å². The minimum absolute atomic E-state index is 0.341. The van der Waals surface area contributed by atoms with Crippen LogP contribution in [-0.2, 0) is 16.0 Å². The third kappa shape index (κ3) is 8.12. The van der Waals surface area contributed by atoms with Crippen molar-refractivity contribution < 1.29 is 14.6 Å². The van der Waals surface area contributed by atoms with E-state index in [-0.39, 0.29) is 0 Å². The standard InChI is InChI=1S/C20H32N2O3/c1-3-11-25-17-20(23)16-22(8-7-21-9-12-24-13-10-21)15-19-6-4-5-18(2)14-19/h3-6,14,20,23H,1,7-13,15-17H2,2H3. The highest BCUT2D eigenvalue weighted by atomic mass is 16.5. The molecule has 0 aromatic heterocycles. The molecule has 0 bridgehead atoms. The lowest BCUT2D eigenvalue weighted by Gasteiger charge is -2.31. The molecule has 5 heteroatoms. The number of aliphatic hydroxyl groups is 1. The highest BCUT2D eigenvalue weighted by molar-refractivity contribution is 5.22. The molecular weight excluding hydrogens is 316 g/mol. The summed E-state index contributed by atoms with van der Waals surface area (Å²) in [6.07, 6.45) is 1.21. The minimum atomic E-state index is -0.491. The number of hydrogen-bond acceptors (Lipinski definition) is 5. The number of ether oxygens (including phenoxy) is 2. The molecule has 0 radical (unpaired) electrons. The molecule has 1 atom stereocenters. The van der Waals surface area contributed by atoms with Crippen molar-refractivity contribution in [2.75, 3.05) is 59.2 Å². The van der Waals surface area contributed by atoms with E-state index in [2.05, 4.69) is 47.6 Å². The van der Waals surface area contributed by atoms with Gasteiger partial charge in [0.25, 0.3) is 0 Å². The molecule has 1 N–H and O–H groups in total. The van der Waals surface area contributed by atoms with E-state index >= 15 is 0 Å². The van der Waals surface area contributed by atoms with E-state index in [0.29, 0.717) is 19.8 Å². The van der Waals surface area contributed by atoms with E-state index in [9.17, 15) is 5.11 Å². The third-order valence-corrected chi connectivity index (χ3v) is 4.34. The Morgan fingerprint density at radius 2 is 2.20 bits per heavy atom. The number of aliphatic hydroxyl groups excluding tert-OH is 1. The second-order valence-corrected chi connectivity index (χ2v) is 6.66. The summed E-state index contributed by atoms with van der Waals surface area (Å²) in [5, 5.41) is 10.3. The lowest BCUT2D eigenvalue weighted by molar-refractivity contribution is 0.0128. The van der Waals surface area contributed by atoms with E-state index in [4.69, 9.17) is 9.47 Å². The molecular formula is C20H32N2O3. The van der Waals surface area contributed by atoms with Crippen molar-refractivity contribution in [2.45, 2.75) is 19.6 Å². The Kier molecular flexibility index (Phi) is 9.15. The fourth-order valence-electron chi connectivity index (χ4n) is 3.05. The van der Waals surface area contributed by atoms with Crippen LogP contribution in [0.5, 0.6) is 0 Å². The van der Waals surface area contributed by atoms with Gasteiger partial charge in [-0.05, 0) is 12.5 Å². The molecule has 0 amide bonds. The van der Waals surface area contributed by atoms with Gasteiger partial charge in [-0.1, -0.05) is 35.9 Å². The maximum Gasteiger partial charge on any atom is 0.0900 e. The fraction of sp³-hybridized carbons (Fsp3) is 0.600. The van der Waals surface area contributed by atoms with Crippen molar-refractivity contribution in [2.24, 2.45) is 0 Å². The molecule has 0 aliphatic carbocycles. The Morgan fingerprint density at radius 3 is 2.92 bits per heavy atom. The fourth-order valence-corrected chi connectivity index (χ4v) is 3.05. The van der Waals surface area contributed by atoms with Crippen LogP contribution in [0.4, 0.5) is 0 Å². The largest absolute Gasteiger partial charge is 0.389 e. The van der Waals surface area contributed by atoms with Crippen molar-refractivity contribution in [3.05, 3.63) is 48.0 Å². The molecule has 140 valence electrons. The van der Waals surface area contributed by atoms with Crippen LogP contribution in [0.1, 0.15) is 11.1 Å². The lowest BCUT2D eigenvalue weighted by atomic mass is 10.1. The Hall–Kier alpha value is -1.24. The van der Waals surface area contributed by atoms with E-state index < -0.39 is 6.10 Å². The predicted molar refractivity (Wildman–Crippen MR) is 101 cm³/mol. The maximum atomic E-state index is 10.3. The first kappa shape index (κ1) is 20.1. The molecule has 0 spiro atoms. The van der Waals surface area contributed by atoms with Gasteiger partial charge in [0.15, 0.2) is 0 Å². The Bertz CT molecular complexity index is 503. The number of rotatable bonds is 11. The number of aryl methyl sites for hydroxylation is 1. The molecule has 1 heterocycles. The molecule has 25 heavy (non-hydrogen) atoms. The molecule has 2 rings (SSSR count). The molecule has 1 aromatic rings. The van der Waals surface area contributed by atoms with Gasteiger partial charge in [0.1, 0.15) is 0 Å². The normalized spacial score (nSPS) is 16.9. The Balaban J connectivity index is 1.88. The van der Waals surface area contributed by atoms with Gasteiger partial charge in [-0.15, -0.1) is 6.58 Å². The maximum absolute atomic E-state index is 10.3. The first-order valence-electron chi connectivity index (χ1n) is 9.12. The topological polar surface area (TPSA) is 45.2 Å². The van der Waals surface area contributed by atoms with Crippen molar-refractivity contribution >= 4 is 0 Å². The van der Waals surface area contributed by atoms with E-state index in [0.717, 1.165) is 45.9 Å². The van der Waals surface area contributed by atoms with Crippen LogP contribution in [0.15, 0.2) is 36.9 Å². The van der Waals surface area contributed by atoms with Gasteiger partial charge < -0.3 is 14.6 Å². The summed E-state index contributed by atoms with van der Waals surface area (Å²) in [7, 11) is 0. The van der Waals surface area contributed by atoms with Crippen LogP contribution in [0.25, 0.3) is 0 Å². The molecule has 1 saturated heterocycles. The second-order valence-electron chi connectivity index (χ2n) is 6.66. The summed E-state index contributed by atoms with van der Waals surface area (Å²) in [4.78, 5) is 4.74. The van der Waals surface area contributed by atoms with Crippen LogP contribution in [0.3, 0.4) is 0 Å². The smallest absolute Gasteiger partial charge is 0.0900 e. The zero-order valence-corrected chi connectivity index (χ0v) is 15.4. The summed E-state index contributed by atoms with van der Waals surface area (Å²) in [6, 6.07) is 8.56. The summed E-state index contributed by atoms with van der Waals surface area (Å²) in [5.74, 6) is 0. The zero-order chi connectivity index (χ0) is 17.9. The average molecular weight is 348 g/mol. The van der Waals surface area contributed by atoms with Crippen LogP contribution < -0.4 is 0 Å². The van der Waals surface area contributed by atoms with E-state index in [1.807, 2.05) is 0 Å². The summed E-state index contributed by atoms with van der Waals surface area (Å²) >= 11 is 0. The van der Waals surface area contributed by atoms with Crippen molar-refractivity contribution in [3.8, 4) is 0 Å². The molecule has 1 fully saturated rings. The van der Waals surface area contributed by atoms with Crippen molar-refractivity contribution in [3.63, 3.8) is 0 Å². The molecule has 1 aromatic carbocycles. The summed E-state index contributed by atoms with van der Waals surface area (Å²) < 4.78 is 10.8. The average Bonchev–Trinajstić information content (AvgIpc) is 2.61. The van der Waals surface area contributed by atoms with Gasteiger partial charge in [0.05, 0.1) is 32.5 Å². The monoisotopic (exact) mass is 348 g/mol. The molecule has 5 nitrogen and oxygen atoms in total. The SMILES string of the molecule is C=CCOCC(O)CN(CCN1CCOCC1)Cc1cccc(C)c1. The van der Waals surface area contributed by atoms with Gasteiger partial charge >= 0.3 is 0 Å². The first-order valence-corrected chi connectivity index (χ1v) is 9.12. The number of nitrogens with zero attached hydrogens (tertiary/aromatic N) is 2. The summed E-state index contributed by atoms with van der Waals surface area (Å²) in [5.41, 5.74) is 2.54. The molecule has 0 saturated carbocycles. The minimum Gasteiger partial charge on any atom is -0.389 e. The van der Waals surface area contributed by atoms with Crippen LogP contribution in [-0.4, -0.2) is 80.2 Å². The number of morpholine rings is 1. The molecule has 1 unspecified atom stereocenters. The van der Waals surface area contributed by atoms with Crippen LogP contribution >= 0.6 is 0 Å². The van der Waals surface area contributed by atoms with Gasteiger partial charge in [0.2, 0.25) is 0 Å². The van der Waals surface area contributed by atoms with Crippen molar-refractivity contribution in [1.29, 1.82) is 0 Å². The molecule has 1 aliphatic heterocycles. The highest BCUT2D eigenvalue weighted by Gasteiger charge is 2.16. The quantitative estimate of drug-likeness (QED) is 0.487. The van der Waals surface area contributed by atoms with Crippen LogP contribution in [0, 0.1) is 6.92 Å². The van der Waals surface area contributed by atoms with Gasteiger partial charge in [0, 0.05) is 39.3 Å². The summed E-state index contributed by atoms with van der Waals surface area (Å²) in [6.45, 7) is 13.5. The Labute approximate surface area is 151 Å². The Morgan fingerprint density at radius 1 is 1.40 bits per heavy atom. The highest BCUT2D eigenvalue weighted by Crippen LogP contribution is 2.09. The lowest BCUT2D eigenvalue weighted by Crippen LogP contribution is -2.43. The zero-order valence-electron chi connectivity index (χ0n) is 15.4.